The Morgan fingerprint density at radius 2 is 1.61 bits per heavy atom. The van der Waals surface area contributed by atoms with Gasteiger partial charge in [-0.25, -0.2) is 4.79 Å². The Bertz CT molecular complexity index is 1230. The smallest absolute Gasteiger partial charge is 0.343 e. The largest absolute Gasteiger partial charge is 0.507 e. The van der Waals surface area contributed by atoms with Crippen molar-refractivity contribution in [2.75, 3.05) is 20.3 Å². The number of ketones is 2. The van der Waals surface area contributed by atoms with E-state index in [-0.39, 0.29) is 23.9 Å². The second-order valence-corrected chi connectivity index (χ2v) is 10.9. The van der Waals surface area contributed by atoms with Crippen molar-refractivity contribution in [3.05, 3.63) is 46.5 Å². The maximum atomic E-state index is 13.1. The van der Waals surface area contributed by atoms with Gasteiger partial charge in [0.05, 0.1) is 31.3 Å². The molecule has 0 aliphatic carbocycles. The summed E-state index contributed by atoms with van der Waals surface area (Å²) in [5, 5.41) is 10.5. The van der Waals surface area contributed by atoms with Crippen LogP contribution in [0.2, 0.25) is 0 Å². The van der Waals surface area contributed by atoms with Crippen molar-refractivity contribution in [1.82, 2.24) is 0 Å². The normalized spacial score (nSPS) is 16.1. The quantitative estimate of drug-likeness (QED) is 0.134. The van der Waals surface area contributed by atoms with Crippen molar-refractivity contribution in [2.24, 2.45) is 0 Å². The molecule has 0 aromatic heterocycles. The number of rotatable bonds is 16. The fourth-order valence-electron chi connectivity index (χ4n) is 5.29. The molecule has 8 heteroatoms. The summed E-state index contributed by atoms with van der Waals surface area (Å²) in [5.41, 5.74) is 1.78. The average Bonchev–Trinajstić information content (AvgIpc) is 2.93. The molecule has 1 aliphatic heterocycles. The molecule has 3 rings (SSSR count). The van der Waals surface area contributed by atoms with Crippen LogP contribution in [0.15, 0.2) is 24.3 Å². The highest BCUT2D eigenvalue weighted by Gasteiger charge is 2.38. The lowest BCUT2D eigenvalue weighted by Gasteiger charge is -2.36. The molecule has 1 atom stereocenters. The molecule has 0 bridgehead atoms. The van der Waals surface area contributed by atoms with E-state index < -0.39 is 11.6 Å². The van der Waals surface area contributed by atoms with Crippen LogP contribution in [-0.2, 0) is 22.4 Å². The fraction of sp³-hybridized carbons (Fsp3) is 0.545. The lowest BCUT2D eigenvalue weighted by Crippen LogP contribution is -2.39. The number of fused-ring (bicyclic) bond motifs is 1. The number of aromatic hydroxyl groups is 1. The lowest BCUT2D eigenvalue weighted by atomic mass is 9.85. The van der Waals surface area contributed by atoms with Gasteiger partial charge in [0.15, 0.2) is 18.2 Å². The van der Waals surface area contributed by atoms with E-state index in [9.17, 15) is 19.5 Å². The molecule has 0 fully saturated rings. The number of phenols is 1. The van der Waals surface area contributed by atoms with Gasteiger partial charge in [-0.15, -0.1) is 0 Å². The first-order valence-corrected chi connectivity index (χ1v) is 14.7. The Labute approximate surface area is 243 Å². The minimum Gasteiger partial charge on any atom is -0.507 e. The Kier molecular flexibility index (Phi) is 11.6. The Morgan fingerprint density at radius 3 is 2.29 bits per heavy atom. The fourth-order valence-corrected chi connectivity index (χ4v) is 5.29. The van der Waals surface area contributed by atoms with Gasteiger partial charge in [-0.3, -0.25) is 9.59 Å². The second kappa shape index (κ2) is 14.9. The highest BCUT2D eigenvalue weighted by Crippen LogP contribution is 2.42. The summed E-state index contributed by atoms with van der Waals surface area (Å²) >= 11 is 0. The van der Waals surface area contributed by atoms with Gasteiger partial charge in [0, 0.05) is 11.1 Å². The number of benzene rings is 2. The third-order valence-corrected chi connectivity index (χ3v) is 7.45. The lowest BCUT2D eigenvalue weighted by molar-refractivity contribution is -0.142. The van der Waals surface area contributed by atoms with Crippen LogP contribution < -0.4 is 14.2 Å². The average molecular weight is 569 g/mol. The van der Waals surface area contributed by atoms with Crippen molar-refractivity contribution in [3.8, 4) is 23.0 Å². The number of ether oxygens (including phenoxy) is 4. The predicted molar refractivity (Wildman–Crippen MR) is 157 cm³/mol. The van der Waals surface area contributed by atoms with Crippen LogP contribution >= 0.6 is 0 Å². The minimum absolute atomic E-state index is 0.0259. The third-order valence-electron chi connectivity index (χ3n) is 7.45. The summed E-state index contributed by atoms with van der Waals surface area (Å²) in [5.74, 6) is 1.19. The third kappa shape index (κ3) is 8.24. The van der Waals surface area contributed by atoms with Gasteiger partial charge >= 0.3 is 5.97 Å². The van der Waals surface area contributed by atoms with E-state index in [2.05, 4.69) is 4.74 Å². The highest BCUT2D eigenvalue weighted by atomic mass is 16.6. The number of hydrogen-bond acceptors (Lipinski definition) is 8. The minimum atomic E-state index is -0.616. The van der Waals surface area contributed by atoms with E-state index in [0.717, 1.165) is 50.5 Å². The van der Waals surface area contributed by atoms with Crippen LogP contribution in [0.25, 0.3) is 0 Å². The summed E-state index contributed by atoms with van der Waals surface area (Å²) in [6, 6.07) is 6.86. The van der Waals surface area contributed by atoms with Crippen LogP contribution in [0.4, 0.5) is 0 Å². The van der Waals surface area contributed by atoms with Crippen molar-refractivity contribution in [3.63, 3.8) is 0 Å². The zero-order valence-corrected chi connectivity index (χ0v) is 25.1. The monoisotopic (exact) mass is 568 g/mol. The van der Waals surface area contributed by atoms with Crippen molar-refractivity contribution in [1.29, 1.82) is 0 Å². The van der Waals surface area contributed by atoms with Gasteiger partial charge in [-0.2, -0.15) is 0 Å². The van der Waals surface area contributed by atoms with Gasteiger partial charge in [0.25, 0.3) is 0 Å². The van der Waals surface area contributed by atoms with Crippen LogP contribution in [0.5, 0.6) is 23.0 Å². The van der Waals surface area contributed by atoms with E-state index >= 15 is 0 Å². The van der Waals surface area contributed by atoms with Crippen LogP contribution in [0.3, 0.4) is 0 Å². The molecule has 0 saturated carbocycles. The molecule has 0 radical (unpaired) electrons. The number of methoxy groups -OCH3 is 1. The number of hydrogen-bond donors (Lipinski definition) is 1. The maximum Gasteiger partial charge on any atom is 0.343 e. The molecule has 1 N–H and O–H groups in total. The van der Waals surface area contributed by atoms with E-state index in [4.69, 9.17) is 14.2 Å². The Hall–Kier alpha value is -3.55. The maximum absolute atomic E-state index is 13.1. The van der Waals surface area contributed by atoms with Gasteiger partial charge in [0.2, 0.25) is 0 Å². The molecule has 41 heavy (non-hydrogen) atoms. The number of esters is 1. The molecule has 224 valence electrons. The Morgan fingerprint density at radius 1 is 0.951 bits per heavy atom. The van der Waals surface area contributed by atoms with Crippen LogP contribution in [0.1, 0.15) is 111 Å². The van der Waals surface area contributed by atoms with Crippen molar-refractivity contribution < 1.29 is 38.4 Å². The first-order chi connectivity index (χ1) is 19.6. The number of phenolic OH excluding ortho intramolecular Hbond substituents is 1. The van der Waals surface area contributed by atoms with Crippen LogP contribution in [0, 0.1) is 0 Å². The standard InChI is InChI=1S/C33H44O8/c1-6-12-25-28(16-14-23(22(3)34)31(25)37)39-19-11-9-8-10-18-33(4)20-27(35)24-15-17-29(40-21-30(36)38-5)26(13-7-2)32(24)41-33/h14-17,37H,6-13,18-21H2,1-5H3. The zero-order valence-electron chi connectivity index (χ0n) is 25.1. The summed E-state index contributed by atoms with van der Waals surface area (Å²) in [6.07, 6.45) is 7.69. The van der Waals surface area contributed by atoms with E-state index in [0.29, 0.717) is 59.8 Å². The zero-order chi connectivity index (χ0) is 30.0. The second-order valence-electron chi connectivity index (χ2n) is 10.9. The van der Waals surface area contributed by atoms with Crippen molar-refractivity contribution in [2.45, 2.75) is 97.5 Å². The summed E-state index contributed by atoms with van der Waals surface area (Å²) in [6.45, 7) is 7.82. The molecule has 1 aliphatic rings. The SMILES string of the molecule is CCCc1c(OCCCCCCC2(C)CC(=O)c3ccc(OCC(=O)OC)c(CCC)c3O2)ccc(C(C)=O)c1O. The molecule has 0 amide bonds. The first kappa shape index (κ1) is 32.0. The molecule has 2 aromatic rings. The highest BCUT2D eigenvalue weighted by molar-refractivity contribution is 6.01. The Balaban J connectivity index is 1.55. The van der Waals surface area contributed by atoms with E-state index in [1.807, 2.05) is 20.8 Å². The van der Waals surface area contributed by atoms with Gasteiger partial charge in [-0.05, 0) is 70.2 Å². The van der Waals surface area contributed by atoms with E-state index in [1.165, 1.54) is 14.0 Å². The number of carbonyl (C=O) groups excluding carboxylic acids is 3. The van der Waals surface area contributed by atoms with E-state index in [1.54, 1.807) is 24.3 Å². The molecule has 2 aromatic carbocycles. The molecular formula is C33H44O8. The summed E-state index contributed by atoms with van der Waals surface area (Å²) in [4.78, 5) is 36.5. The predicted octanol–water partition coefficient (Wildman–Crippen LogP) is 6.81. The molecule has 0 spiro atoms. The first-order valence-electron chi connectivity index (χ1n) is 14.7. The number of unbranched alkanes of at least 4 members (excludes halogenated alkanes) is 3. The van der Waals surface area contributed by atoms with Crippen LogP contribution in [-0.4, -0.2) is 48.6 Å². The number of carbonyl (C=O) groups is 3. The molecule has 0 saturated heterocycles. The molecule has 1 heterocycles. The molecular weight excluding hydrogens is 524 g/mol. The van der Waals surface area contributed by atoms with Gasteiger partial charge in [-0.1, -0.05) is 39.5 Å². The molecule has 1 unspecified atom stereocenters. The number of Topliss-reactive ketones (excluding diaryl/α,β-unsaturated/α-hetero) is 2. The van der Waals surface area contributed by atoms with Gasteiger partial charge < -0.3 is 24.1 Å². The topological polar surface area (TPSA) is 108 Å². The molecule has 8 nitrogen and oxygen atoms in total. The summed E-state index contributed by atoms with van der Waals surface area (Å²) < 4.78 is 22.9. The summed E-state index contributed by atoms with van der Waals surface area (Å²) in [7, 11) is 1.32. The van der Waals surface area contributed by atoms with Crippen molar-refractivity contribution >= 4 is 17.5 Å². The van der Waals surface area contributed by atoms with Gasteiger partial charge in [0.1, 0.15) is 28.6 Å².